The number of pyridine rings is 1. The summed E-state index contributed by atoms with van der Waals surface area (Å²) in [4.78, 5) is 10.3. The first kappa shape index (κ1) is 15.8. The van der Waals surface area contributed by atoms with Crippen molar-refractivity contribution < 1.29 is 9.47 Å². The number of fused-ring (bicyclic) bond motifs is 1. The maximum atomic E-state index is 6.00. The smallest absolute Gasteiger partial charge is 0.139 e. The monoisotopic (exact) mass is 337 g/mol. The van der Waals surface area contributed by atoms with Crippen LogP contribution in [0.3, 0.4) is 0 Å². The number of hydrogen-bond acceptors (Lipinski definition) is 4. The molecule has 25 heavy (non-hydrogen) atoms. The van der Waals surface area contributed by atoms with E-state index in [1.54, 1.807) is 7.11 Å². The number of rotatable bonds is 5. The SMILES string of the molecule is COc1cccc(OC[C@H]2CCCN(c3ccc4cc[nH]c4n3)C2)c1. The molecule has 4 rings (SSSR count). The Balaban J connectivity index is 1.40. The second-order valence-corrected chi connectivity index (χ2v) is 6.53. The molecule has 1 aliphatic heterocycles. The average molecular weight is 337 g/mol. The first-order chi connectivity index (χ1) is 12.3. The standard InChI is InChI=1S/C20H23N3O2/c1-24-17-5-2-6-18(12-17)25-14-15-4-3-11-23(13-15)19-8-7-16-9-10-21-20(16)22-19/h2,5-10,12,15H,3-4,11,13-14H2,1H3,(H,21,22)/t15-/m0/s1. The molecular weight excluding hydrogens is 314 g/mol. The summed E-state index contributed by atoms with van der Waals surface area (Å²) in [5.74, 6) is 3.23. The van der Waals surface area contributed by atoms with Gasteiger partial charge in [-0.2, -0.15) is 0 Å². The van der Waals surface area contributed by atoms with Gasteiger partial charge in [-0.1, -0.05) is 6.07 Å². The number of nitrogens with one attached hydrogen (secondary N) is 1. The van der Waals surface area contributed by atoms with Crippen LogP contribution in [0.1, 0.15) is 12.8 Å². The van der Waals surface area contributed by atoms with Gasteiger partial charge in [-0.05, 0) is 43.2 Å². The van der Waals surface area contributed by atoms with Crippen LogP contribution in [0.15, 0.2) is 48.7 Å². The van der Waals surface area contributed by atoms with Gasteiger partial charge in [0.25, 0.3) is 0 Å². The number of anilines is 1. The molecule has 1 fully saturated rings. The lowest BCUT2D eigenvalue weighted by atomic mass is 9.99. The second kappa shape index (κ2) is 7.05. The Bertz CT molecular complexity index is 846. The number of H-pyrrole nitrogens is 1. The fraction of sp³-hybridized carbons (Fsp3) is 0.350. The zero-order chi connectivity index (χ0) is 17.1. The predicted molar refractivity (Wildman–Crippen MR) is 99.5 cm³/mol. The summed E-state index contributed by atoms with van der Waals surface area (Å²) in [6.07, 6.45) is 4.28. The molecule has 3 aromatic rings. The van der Waals surface area contributed by atoms with Crippen LogP contribution in [-0.4, -0.2) is 36.8 Å². The Hall–Kier alpha value is -2.69. The topological polar surface area (TPSA) is 50.4 Å². The Morgan fingerprint density at radius 3 is 3.04 bits per heavy atom. The highest BCUT2D eigenvalue weighted by Crippen LogP contribution is 2.25. The van der Waals surface area contributed by atoms with Crippen LogP contribution < -0.4 is 14.4 Å². The van der Waals surface area contributed by atoms with Gasteiger partial charge in [-0.15, -0.1) is 0 Å². The fourth-order valence-corrected chi connectivity index (χ4v) is 3.41. The van der Waals surface area contributed by atoms with E-state index < -0.39 is 0 Å². The first-order valence-electron chi connectivity index (χ1n) is 8.78. The largest absolute Gasteiger partial charge is 0.497 e. The molecule has 1 atom stereocenters. The molecule has 1 aromatic carbocycles. The van der Waals surface area contributed by atoms with Crippen molar-refractivity contribution in [2.24, 2.45) is 5.92 Å². The molecular formula is C20H23N3O2. The van der Waals surface area contributed by atoms with Crippen molar-refractivity contribution in [3.8, 4) is 11.5 Å². The van der Waals surface area contributed by atoms with Crippen LogP contribution in [0, 0.1) is 5.92 Å². The molecule has 0 saturated carbocycles. The third-order valence-corrected chi connectivity index (χ3v) is 4.76. The number of aromatic amines is 1. The van der Waals surface area contributed by atoms with Crippen molar-refractivity contribution in [2.45, 2.75) is 12.8 Å². The molecule has 0 radical (unpaired) electrons. The van der Waals surface area contributed by atoms with Gasteiger partial charge in [-0.25, -0.2) is 4.98 Å². The average Bonchev–Trinajstić information content (AvgIpc) is 3.14. The molecule has 1 N–H and O–H groups in total. The minimum absolute atomic E-state index is 0.501. The van der Waals surface area contributed by atoms with Gasteiger partial charge < -0.3 is 19.4 Å². The molecule has 0 amide bonds. The summed E-state index contributed by atoms with van der Waals surface area (Å²) in [7, 11) is 1.67. The van der Waals surface area contributed by atoms with Crippen LogP contribution in [-0.2, 0) is 0 Å². The van der Waals surface area contributed by atoms with Crippen LogP contribution in [0.5, 0.6) is 11.5 Å². The minimum atomic E-state index is 0.501. The first-order valence-corrected chi connectivity index (χ1v) is 8.78. The van der Waals surface area contributed by atoms with Gasteiger partial charge in [0, 0.05) is 36.7 Å². The van der Waals surface area contributed by atoms with Crippen LogP contribution in [0.25, 0.3) is 11.0 Å². The summed E-state index contributed by atoms with van der Waals surface area (Å²) in [5.41, 5.74) is 0.951. The molecule has 1 aliphatic rings. The molecule has 2 aromatic heterocycles. The number of piperidine rings is 1. The molecule has 130 valence electrons. The molecule has 1 saturated heterocycles. The third kappa shape index (κ3) is 3.55. The van der Waals surface area contributed by atoms with Crippen molar-refractivity contribution >= 4 is 16.9 Å². The molecule has 0 spiro atoms. The summed E-state index contributed by atoms with van der Waals surface area (Å²) in [6.45, 7) is 2.74. The van der Waals surface area contributed by atoms with E-state index >= 15 is 0 Å². The Kier molecular flexibility index (Phi) is 4.46. The van der Waals surface area contributed by atoms with Crippen molar-refractivity contribution in [3.63, 3.8) is 0 Å². The molecule has 0 unspecified atom stereocenters. The third-order valence-electron chi connectivity index (χ3n) is 4.76. The minimum Gasteiger partial charge on any atom is -0.497 e. The highest BCUT2D eigenvalue weighted by Gasteiger charge is 2.22. The maximum Gasteiger partial charge on any atom is 0.139 e. The highest BCUT2D eigenvalue weighted by atomic mass is 16.5. The summed E-state index contributed by atoms with van der Waals surface area (Å²) < 4.78 is 11.2. The van der Waals surface area contributed by atoms with Crippen molar-refractivity contribution in [1.29, 1.82) is 0 Å². The Labute approximate surface area is 147 Å². The molecule has 3 heterocycles. The lowest BCUT2D eigenvalue weighted by Crippen LogP contribution is -2.38. The number of methoxy groups -OCH3 is 1. The summed E-state index contributed by atoms with van der Waals surface area (Å²) >= 11 is 0. The van der Waals surface area contributed by atoms with Crippen molar-refractivity contribution in [1.82, 2.24) is 9.97 Å². The quantitative estimate of drug-likeness (QED) is 0.768. The highest BCUT2D eigenvalue weighted by molar-refractivity contribution is 5.77. The van der Waals surface area contributed by atoms with Crippen LogP contribution in [0.2, 0.25) is 0 Å². The van der Waals surface area contributed by atoms with E-state index in [2.05, 4.69) is 22.0 Å². The number of hydrogen-bond donors (Lipinski definition) is 1. The maximum absolute atomic E-state index is 6.00. The zero-order valence-electron chi connectivity index (χ0n) is 14.4. The van der Waals surface area contributed by atoms with Gasteiger partial charge in [0.1, 0.15) is 23.0 Å². The zero-order valence-corrected chi connectivity index (χ0v) is 14.4. The van der Waals surface area contributed by atoms with Crippen molar-refractivity contribution in [3.05, 3.63) is 48.7 Å². The number of ether oxygens (including phenoxy) is 2. The number of aromatic nitrogens is 2. The van der Waals surface area contributed by atoms with E-state index in [-0.39, 0.29) is 0 Å². The normalized spacial score (nSPS) is 17.6. The number of benzene rings is 1. The van der Waals surface area contributed by atoms with Crippen LogP contribution in [0.4, 0.5) is 5.82 Å². The second-order valence-electron chi connectivity index (χ2n) is 6.53. The van der Waals surface area contributed by atoms with Gasteiger partial charge in [0.15, 0.2) is 0 Å². The summed E-state index contributed by atoms with van der Waals surface area (Å²) in [6, 6.07) is 14.1. The van der Waals surface area contributed by atoms with E-state index in [1.807, 2.05) is 36.5 Å². The lowest BCUT2D eigenvalue weighted by molar-refractivity contribution is 0.228. The van der Waals surface area contributed by atoms with Gasteiger partial charge >= 0.3 is 0 Å². The Morgan fingerprint density at radius 1 is 1.20 bits per heavy atom. The van der Waals surface area contributed by atoms with Gasteiger partial charge in [0.05, 0.1) is 13.7 Å². The van der Waals surface area contributed by atoms with E-state index in [0.717, 1.165) is 47.9 Å². The molecule has 5 heteroatoms. The van der Waals surface area contributed by atoms with E-state index in [1.165, 1.54) is 6.42 Å². The van der Waals surface area contributed by atoms with Gasteiger partial charge in [0.2, 0.25) is 0 Å². The van der Waals surface area contributed by atoms with Crippen LogP contribution >= 0.6 is 0 Å². The molecule has 5 nitrogen and oxygen atoms in total. The molecule has 0 aliphatic carbocycles. The fourth-order valence-electron chi connectivity index (χ4n) is 3.41. The van der Waals surface area contributed by atoms with Gasteiger partial charge in [-0.3, -0.25) is 0 Å². The van der Waals surface area contributed by atoms with Crippen molar-refractivity contribution in [2.75, 3.05) is 31.7 Å². The predicted octanol–water partition coefficient (Wildman–Crippen LogP) is 3.87. The molecule has 0 bridgehead atoms. The van der Waals surface area contributed by atoms with E-state index in [4.69, 9.17) is 14.5 Å². The number of nitrogens with zero attached hydrogens (tertiary/aromatic N) is 2. The Morgan fingerprint density at radius 2 is 2.12 bits per heavy atom. The summed E-state index contributed by atoms with van der Waals surface area (Å²) in [5, 5.41) is 1.15. The van der Waals surface area contributed by atoms with E-state index in [0.29, 0.717) is 12.5 Å². The van der Waals surface area contributed by atoms with E-state index in [9.17, 15) is 0 Å². The lowest BCUT2D eigenvalue weighted by Gasteiger charge is -2.33.